The molecule has 0 saturated heterocycles. The summed E-state index contributed by atoms with van der Waals surface area (Å²) in [6.07, 6.45) is 1.58. The lowest BCUT2D eigenvalue weighted by atomic mass is 10.2. The van der Waals surface area contributed by atoms with Crippen LogP contribution in [-0.4, -0.2) is 21.7 Å². The number of fused-ring (bicyclic) bond motifs is 1. The zero-order valence-electron chi connectivity index (χ0n) is 10.5. The first-order chi connectivity index (χ1) is 9.72. The van der Waals surface area contributed by atoms with Crippen LogP contribution < -0.4 is 4.74 Å². The Balaban J connectivity index is 2.22. The average Bonchev–Trinajstić information content (AvgIpc) is 2.89. The average molecular weight is 268 g/mol. The van der Waals surface area contributed by atoms with Crippen LogP contribution in [0.4, 0.5) is 4.39 Å². The number of rotatable bonds is 2. The van der Waals surface area contributed by atoms with Crippen molar-refractivity contribution in [3.05, 3.63) is 47.9 Å². The van der Waals surface area contributed by atoms with Gasteiger partial charge < -0.3 is 4.74 Å². The Hall–Kier alpha value is -2.94. The number of hydrogen-bond donors (Lipinski definition) is 0. The Morgan fingerprint density at radius 3 is 2.80 bits per heavy atom. The lowest BCUT2D eigenvalue weighted by Gasteiger charge is -2.04. The third kappa shape index (κ3) is 1.86. The van der Waals surface area contributed by atoms with Gasteiger partial charge in [-0.1, -0.05) is 0 Å². The number of nitriles is 1. The zero-order chi connectivity index (χ0) is 14.1. The fourth-order valence-electron chi connectivity index (χ4n) is 1.94. The van der Waals surface area contributed by atoms with Gasteiger partial charge in [0, 0.05) is 12.3 Å². The molecular weight excluding hydrogens is 259 g/mol. The van der Waals surface area contributed by atoms with Crippen molar-refractivity contribution < 1.29 is 9.13 Å². The van der Waals surface area contributed by atoms with Crippen LogP contribution in [0.1, 0.15) is 5.56 Å². The second kappa shape index (κ2) is 4.63. The van der Waals surface area contributed by atoms with Gasteiger partial charge in [-0.3, -0.25) is 4.40 Å². The highest BCUT2D eigenvalue weighted by molar-refractivity contribution is 5.61. The van der Waals surface area contributed by atoms with E-state index in [1.807, 2.05) is 6.07 Å². The highest BCUT2D eigenvalue weighted by Gasteiger charge is 2.13. The third-order valence-corrected chi connectivity index (χ3v) is 2.95. The topological polar surface area (TPSA) is 63.2 Å². The maximum Gasteiger partial charge on any atom is 0.171 e. The predicted octanol–water partition coefficient (Wildman–Crippen LogP) is 2.42. The summed E-state index contributed by atoms with van der Waals surface area (Å²) >= 11 is 0. The molecule has 0 aliphatic rings. The minimum absolute atomic E-state index is 0.299. The van der Waals surface area contributed by atoms with E-state index in [9.17, 15) is 4.39 Å². The number of hydrogen-bond acceptors (Lipinski definition) is 4. The van der Waals surface area contributed by atoms with Crippen LogP contribution in [0, 0.1) is 17.1 Å². The van der Waals surface area contributed by atoms with Crippen LogP contribution in [-0.2, 0) is 0 Å². The minimum Gasteiger partial charge on any atom is -0.497 e. The maximum absolute atomic E-state index is 14.1. The van der Waals surface area contributed by atoms with Gasteiger partial charge >= 0.3 is 0 Å². The molecule has 0 atom stereocenters. The van der Waals surface area contributed by atoms with Crippen LogP contribution in [0.15, 0.2) is 36.5 Å². The van der Waals surface area contributed by atoms with Gasteiger partial charge in [-0.15, -0.1) is 10.2 Å². The number of benzene rings is 1. The quantitative estimate of drug-likeness (QED) is 0.716. The number of aromatic nitrogens is 3. The minimum atomic E-state index is -0.457. The molecule has 3 aromatic rings. The fourth-order valence-corrected chi connectivity index (χ4v) is 1.94. The second-order valence-electron chi connectivity index (χ2n) is 4.13. The largest absolute Gasteiger partial charge is 0.497 e. The van der Waals surface area contributed by atoms with E-state index >= 15 is 0 Å². The molecule has 0 aliphatic heterocycles. The number of methoxy groups -OCH3 is 1. The molecular formula is C14H9FN4O. The molecule has 2 aromatic heterocycles. The molecule has 0 spiro atoms. The first kappa shape index (κ1) is 12.1. The van der Waals surface area contributed by atoms with E-state index in [1.165, 1.54) is 13.2 Å². The van der Waals surface area contributed by atoms with Crippen LogP contribution in [0.3, 0.4) is 0 Å². The summed E-state index contributed by atoms with van der Waals surface area (Å²) in [6, 6.07) is 9.83. The van der Waals surface area contributed by atoms with Crippen LogP contribution >= 0.6 is 0 Å². The van der Waals surface area contributed by atoms with Gasteiger partial charge in [-0.25, -0.2) is 4.39 Å². The van der Waals surface area contributed by atoms with Crippen molar-refractivity contribution in [1.29, 1.82) is 5.26 Å². The summed E-state index contributed by atoms with van der Waals surface area (Å²) in [5.74, 6) is 0.316. The van der Waals surface area contributed by atoms with E-state index in [4.69, 9.17) is 10.00 Å². The SMILES string of the molecule is COc1ccc(-c2nnc3ccc(C#N)cn23)c(F)c1. The molecule has 0 amide bonds. The zero-order valence-corrected chi connectivity index (χ0v) is 10.5. The lowest BCUT2D eigenvalue weighted by Crippen LogP contribution is -1.94. The van der Waals surface area contributed by atoms with Crippen molar-refractivity contribution in [2.45, 2.75) is 0 Å². The van der Waals surface area contributed by atoms with Gasteiger partial charge in [0.1, 0.15) is 17.6 Å². The van der Waals surface area contributed by atoms with E-state index < -0.39 is 5.82 Å². The summed E-state index contributed by atoms with van der Waals surface area (Å²) in [4.78, 5) is 0. The Morgan fingerprint density at radius 2 is 2.10 bits per heavy atom. The Bertz CT molecular complexity index is 835. The molecule has 0 unspecified atom stereocenters. The van der Waals surface area contributed by atoms with Gasteiger partial charge in [-0.2, -0.15) is 5.26 Å². The molecule has 98 valence electrons. The van der Waals surface area contributed by atoms with Crippen molar-refractivity contribution in [2.75, 3.05) is 7.11 Å². The number of halogens is 1. The molecule has 0 radical (unpaired) electrons. The van der Waals surface area contributed by atoms with E-state index in [2.05, 4.69) is 10.2 Å². The molecule has 0 N–H and O–H groups in total. The van der Waals surface area contributed by atoms with Gasteiger partial charge in [-0.05, 0) is 24.3 Å². The van der Waals surface area contributed by atoms with E-state index in [0.717, 1.165) is 0 Å². The molecule has 2 heterocycles. The number of pyridine rings is 1. The van der Waals surface area contributed by atoms with Crippen molar-refractivity contribution in [2.24, 2.45) is 0 Å². The normalized spacial score (nSPS) is 10.4. The van der Waals surface area contributed by atoms with E-state index in [0.29, 0.717) is 28.3 Å². The molecule has 20 heavy (non-hydrogen) atoms. The van der Waals surface area contributed by atoms with Crippen molar-refractivity contribution in [3.63, 3.8) is 0 Å². The van der Waals surface area contributed by atoms with Crippen molar-refractivity contribution in [1.82, 2.24) is 14.6 Å². The van der Waals surface area contributed by atoms with Gasteiger partial charge in [0.05, 0.1) is 18.2 Å². The molecule has 0 saturated carbocycles. The van der Waals surface area contributed by atoms with Crippen LogP contribution in [0.5, 0.6) is 5.75 Å². The molecule has 5 nitrogen and oxygen atoms in total. The fraction of sp³-hybridized carbons (Fsp3) is 0.0714. The second-order valence-corrected chi connectivity index (χ2v) is 4.13. The van der Waals surface area contributed by atoms with Crippen LogP contribution in [0.2, 0.25) is 0 Å². The van der Waals surface area contributed by atoms with Crippen molar-refractivity contribution in [3.8, 4) is 23.2 Å². The monoisotopic (exact) mass is 268 g/mol. The van der Waals surface area contributed by atoms with Gasteiger partial charge in [0.2, 0.25) is 0 Å². The Morgan fingerprint density at radius 1 is 1.25 bits per heavy atom. The van der Waals surface area contributed by atoms with Crippen molar-refractivity contribution >= 4 is 5.65 Å². The summed E-state index contributed by atoms with van der Waals surface area (Å²) in [6.45, 7) is 0. The maximum atomic E-state index is 14.1. The van der Waals surface area contributed by atoms with Gasteiger partial charge in [0.25, 0.3) is 0 Å². The first-order valence-corrected chi connectivity index (χ1v) is 5.81. The highest BCUT2D eigenvalue weighted by atomic mass is 19.1. The molecule has 3 rings (SSSR count). The standard InChI is InChI=1S/C14H9FN4O/c1-20-10-3-4-11(12(15)6-10)14-18-17-13-5-2-9(7-16)8-19(13)14/h2-6,8H,1H3. The van der Waals surface area contributed by atoms with E-state index in [-0.39, 0.29) is 0 Å². The van der Waals surface area contributed by atoms with E-state index in [1.54, 1.807) is 34.9 Å². The number of nitrogens with zero attached hydrogens (tertiary/aromatic N) is 4. The molecule has 6 heteroatoms. The molecule has 1 aromatic carbocycles. The summed E-state index contributed by atoms with van der Waals surface area (Å²) in [5.41, 5.74) is 1.30. The number of ether oxygens (including phenoxy) is 1. The summed E-state index contributed by atoms with van der Waals surface area (Å²) < 4.78 is 20.6. The predicted molar refractivity (Wildman–Crippen MR) is 69.6 cm³/mol. The van der Waals surface area contributed by atoms with Gasteiger partial charge in [0.15, 0.2) is 11.5 Å². The summed E-state index contributed by atoms with van der Waals surface area (Å²) in [7, 11) is 1.47. The Labute approximate surface area is 113 Å². The van der Waals surface area contributed by atoms with Crippen LogP contribution in [0.25, 0.3) is 17.0 Å². The molecule has 0 aliphatic carbocycles. The third-order valence-electron chi connectivity index (χ3n) is 2.95. The smallest absolute Gasteiger partial charge is 0.171 e. The molecule has 0 bridgehead atoms. The molecule has 0 fully saturated rings. The summed E-state index contributed by atoms with van der Waals surface area (Å²) in [5, 5.41) is 16.9. The highest BCUT2D eigenvalue weighted by Crippen LogP contribution is 2.25. The Kier molecular flexibility index (Phi) is 2.80. The first-order valence-electron chi connectivity index (χ1n) is 5.81. The lowest BCUT2D eigenvalue weighted by molar-refractivity contribution is 0.411.